The Kier molecular flexibility index (Phi) is 42.3. The van der Waals surface area contributed by atoms with Crippen LogP contribution in [-0.2, 0) is 14.4 Å². The topological polar surface area (TPSA) is 112 Å². The third-order valence-corrected chi connectivity index (χ3v) is 12.8. The van der Waals surface area contributed by atoms with Gasteiger partial charge in [0.2, 0.25) is 0 Å². The molecule has 348 valence electrons. The summed E-state index contributed by atoms with van der Waals surface area (Å²) in [5.74, 6) is -1.70. The molecule has 0 saturated heterocycles. The number of Topliss-reactive ketones (excluding diaryl/α,β-unsaturated/α-hetero) is 3. The predicted octanol–water partition coefficient (Wildman–Crippen LogP) is 15.0. The number of aliphatic hydroxyl groups excluding tert-OH is 3. The van der Waals surface area contributed by atoms with Crippen molar-refractivity contribution in [2.75, 3.05) is 6.61 Å². The first-order valence-corrected chi connectivity index (χ1v) is 26.1. The maximum absolute atomic E-state index is 14.3. The lowest BCUT2D eigenvalue weighted by atomic mass is 9.67. The van der Waals surface area contributed by atoms with Gasteiger partial charge in [0.15, 0.2) is 17.3 Å². The van der Waals surface area contributed by atoms with Crippen molar-refractivity contribution in [3.63, 3.8) is 0 Å². The van der Waals surface area contributed by atoms with Gasteiger partial charge >= 0.3 is 0 Å². The summed E-state index contributed by atoms with van der Waals surface area (Å²) in [5.41, 5.74) is -1.96. The molecule has 0 radical (unpaired) electrons. The normalized spacial score (nSPS) is 13.1. The Balaban J connectivity index is 5.27. The van der Waals surface area contributed by atoms with Crippen molar-refractivity contribution in [2.45, 2.75) is 296 Å². The molecule has 2 atom stereocenters. The van der Waals surface area contributed by atoms with Crippen molar-refractivity contribution in [3.05, 3.63) is 12.2 Å². The molecule has 0 saturated carbocycles. The van der Waals surface area contributed by atoms with Crippen LogP contribution in [0.4, 0.5) is 0 Å². The van der Waals surface area contributed by atoms with E-state index in [9.17, 15) is 29.7 Å². The van der Waals surface area contributed by atoms with E-state index >= 15 is 0 Å². The first kappa shape index (κ1) is 57.6. The molecular formula is C53H100O6. The van der Waals surface area contributed by atoms with Crippen LogP contribution in [0.5, 0.6) is 0 Å². The first-order chi connectivity index (χ1) is 28.8. The molecule has 0 aliphatic carbocycles. The van der Waals surface area contributed by atoms with E-state index < -0.39 is 41.6 Å². The number of rotatable bonds is 48. The Bertz CT molecular complexity index is 933. The SMILES string of the molecule is CCCCCCCCC=CCCCCCCC(C(=O)CCCCCCCCCCCCCCC)(C(=O)CCCCCCCCCCCCCCC)C(=O)C(O)C(O)CO. The first-order valence-electron chi connectivity index (χ1n) is 26.1. The van der Waals surface area contributed by atoms with Crippen molar-refractivity contribution < 1.29 is 29.7 Å². The molecule has 0 aromatic carbocycles. The smallest absolute Gasteiger partial charge is 0.184 e. The van der Waals surface area contributed by atoms with Gasteiger partial charge in [-0.3, -0.25) is 14.4 Å². The number of carbonyl (C=O) groups excluding carboxylic acids is 3. The van der Waals surface area contributed by atoms with E-state index in [1.54, 1.807) is 0 Å². The Morgan fingerprint density at radius 3 is 0.983 bits per heavy atom. The summed E-state index contributed by atoms with van der Waals surface area (Å²) in [6.07, 6.45) is 45.1. The Morgan fingerprint density at radius 1 is 0.407 bits per heavy atom. The summed E-state index contributed by atoms with van der Waals surface area (Å²) in [7, 11) is 0. The van der Waals surface area contributed by atoms with Crippen molar-refractivity contribution in [3.8, 4) is 0 Å². The standard InChI is InChI=1S/C53H100O6/c1-4-7-10-13-16-19-22-25-28-31-34-37-40-43-46-53(52(59)51(58)48(55)47-54,49(56)44-41-38-35-32-29-26-23-20-17-14-11-8-5-2)50(57)45-42-39-36-33-30-27-24-21-18-15-12-9-6-3/h25,28,48,51,54-55,58H,4-24,26-27,29-47H2,1-3H3. The number of carbonyl (C=O) groups is 3. The zero-order valence-corrected chi connectivity index (χ0v) is 39.6. The van der Waals surface area contributed by atoms with Gasteiger partial charge in [-0.15, -0.1) is 0 Å². The minimum Gasteiger partial charge on any atom is -0.394 e. The zero-order chi connectivity index (χ0) is 43.5. The van der Waals surface area contributed by atoms with Crippen LogP contribution in [0.2, 0.25) is 0 Å². The van der Waals surface area contributed by atoms with Crippen LogP contribution >= 0.6 is 0 Å². The molecule has 0 bridgehead atoms. The molecule has 6 heteroatoms. The third-order valence-electron chi connectivity index (χ3n) is 12.8. The number of unbranched alkanes of at least 4 members (excludes halogenated alkanes) is 34. The largest absolute Gasteiger partial charge is 0.394 e. The fraction of sp³-hybridized carbons (Fsp3) is 0.906. The second-order valence-electron chi connectivity index (χ2n) is 18.3. The summed E-state index contributed by atoms with van der Waals surface area (Å²) < 4.78 is 0. The molecule has 0 aromatic rings. The van der Waals surface area contributed by atoms with Crippen LogP contribution in [0.3, 0.4) is 0 Å². The van der Waals surface area contributed by atoms with E-state index in [1.165, 1.54) is 154 Å². The quantitative estimate of drug-likeness (QED) is 0.0320. The minimum absolute atomic E-state index is 0.0729. The summed E-state index contributed by atoms with van der Waals surface area (Å²) in [6, 6.07) is 0. The van der Waals surface area contributed by atoms with Gasteiger partial charge in [-0.25, -0.2) is 0 Å². The van der Waals surface area contributed by atoms with Crippen LogP contribution in [0, 0.1) is 5.41 Å². The van der Waals surface area contributed by atoms with Crippen LogP contribution in [0.25, 0.3) is 0 Å². The lowest BCUT2D eigenvalue weighted by molar-refractivity contribution is -0.158. The van der Waals surface area contributed by atoms with E-state index in [0.29, 0.717) is 19.3 Å². The molecule has 3 N–H and O–H groups in total. The number of hydrogen-bond donors (Lipinski definition) is 3. The lowest BCUT2D eigenvalue weighted by Gasteiger charge is -2.33. The number of aliphatic hydroxyl groups is 3. The van der Waals surface area contributed by atoms with Gasteiger partial charge in [0.05, 0.1) is 6.61 Å². The fourth-order valence-electron chi connectivity index (χ4n) is 8.68. The average Bonchev–Trinajstić information content (AvgIpc) is 3.24. The number of ketones is 3. The molecule has 0 spiro atoms. The Hall–Kier alpha value is -1.37. The average molecular weight is 833 g/mol. The maximum Gasteiger partial charge on any atom is 0.184 e. The molecule has 0 fully saturated rings. The molecule has 0 amide bonds. The summed E-state index contributed by atoms with van der Waals surface area (Å²) >= 11 is 0. The van der Waals surface area contributed by atoms with Gasteiger partial charge in [0.1, 0.15) is 17.6 Å². The summed E-state index contributed by atoms with van der Waals surface area (Å²) in [6.45, 7) is 5.94. The van der Waals surface area contributed by atoms with E-state index in [-0.39, 0.29) is 19.3 Å². The van der Waals surface area contributed by atoms with Gasteiger partial charge < -0.3 is 15.3 Å². The molecule has 0 heterocycles. The lowest BCUT2D eigenvalue weighted by Crippen LogP contribution is -2.54. The van der Waals surface area contributed by atoms with Gasteiger partial charge in [0, 0.05) is 12.8 Å². The molecule has 2 unspecified atom stereocenters. The van der Waals surface area contributed by atoms with Crippen molar-refractivity contribution in [1.82, 2.24) is 0 Å². The van der Waals surface area contributed by atoms with Crippen molar-refractivity contribution in [1.29, 1.82) is 0 Å². The van der Waals surface area contributed by atoms with Crippen LogP contribution in [-0.4, -0.2) is 51.5 Å². The zero-order valence-electron chi connectivity index (χ0n) is 39.6. The molecule has 59 heavy (non-hydrogen) atoms. The van der Waals surface area contributed by atoms with E-state index in [4.69, 9.17) is 0 Å². The highest BCUT2D eigenvalue weighted by Crippen LogP contribution is 2.36. The predicted molar refractivity (Wildman–Crippen MR) is 252 cm³/mol. The summed E-state index contributed by atoms with van der Waals surface area (Å²) in [4.78, 5) is 42.6. The van der Waals surface area contributed by atoms with Crippen LogP contribution < -0.4 is 0 Å². The highest BCUT2D eigenvalue weighted by molar-refractivity contribution is 6.25. The maximum atomic E-state index is 14.3. The number of allylic oxidation sites excluding steroid dienone is 2. The van der Waals surface area contributed by atoms with Gasteiger partial charge in [-0.1, -0.05) is 238 Å². The highest BCUT2D eigenvalue weighted by atomic mass is 16.4. The third kappa shape index (κ3) is 31.2. The monoisotopic (exact) mass is 833 g/mol. The molecule has 6 nitrogen and oxygen atoms in total. The molecule has 0 aromatic heterocycles. The Labute approximate surface area is 366 Å². The van der Waals surface area contributed by atoms with E-state index in [1.807, 2.05) is 0 Å². The van der Waals surface area contributed by atoms with Crippen molar-refractivity contribution in [2.24, 2.45) is 5.41 Å². The number of hydrogen-bond acceptors (Lipinski definition) is 6. The molecule has 0 rings (SSSR count). The van der Waals surface area contributed by atoms with Crippen LogP contribution in [0.1, 0.15) is 284 Å². The summed E-state index contributed by atoms with van der Waals surface area (Å²) in [5, 5.41) is 30.9. The fourth-order valence-corrected chi connectivity index (χ4v) is 8.68. The van der Waals surface area contributed by atoms with E-state index in [2.05, 4.69) is 32.9 Å². The van der Waals surface area contributed by atoms with Gasteiger partial charge in [-0.05, 0) is 44.9 Å². The van der Waals surface area contributed by atoms with Gasteiger partial charge in [-0.2, -0.15) is 0 Å². The Morgan fingerprint density at radius 2 is 0.678 bits per heavy atom. The second-order valence-corrected chi connectivity index (χ2v) is 18.3. The molecule has 0 aliphatic heterocycles. The molecule has 0 aliphatic rings. The van der Waals surface area contributed by atoms with Gasteiger partial charge in [0.25, 0.3) is 0 Å². The highest BCUT2D eigenvalue weighted by Gasteiger charge is 2.53. The van der Waals surface area contributed by atoms with Crippen LogP contribution in [0.15, 0.2) is 12.2 Å². The second kappa shape index (κ2) is 43.3. The molecular weight excluding hydrogens is 733 g/mol. The minimum atomic E-state index is -1.97. The van der Waals surface area contributed by atoms with E-state index in [0.717, 1.165) is 70.6 Å². The van der Waals surface area contributed by atoms with Crippen molar-refractivity contribution >= 4 is 17.3 Å².